The summed E-state index contributed by atoms with van der Waals surface area (Å²) in [5, 5.41) is 5.75. The van der Waals surface area contributed by atoms with Crippen molar-refractivity contribution in [3.63, 3.8) is 0 Å². The van der Waals surface area contributed by atoms with Crippen molar-refractivity contribution in [1.82, 2.24) is 4.90 Å². The molecule has 2 N–H and O–H groups in total. The lowest BCUT2D eigenvalue weighted by atomic mass is 10.2. The Morgan fingerprint density at radius 2 is 1.37 bits per heavy atom. The lowest BCUT2D eigenvalue weighted by Gasteiger charge is -2.34. The summed E-state index contributed by atoms with van der Waals surface area (Å²) in [6.07, 6.45) is 0. The van der Waals surface area contributed by atoms with Crippen LogP contribution in [0.15, 0.2) is 42.5 Å². The number of carbonyl (C=O) groups is 2. The van der Waals surface area contributed by atoms with Gasteiger partial charge in [0, 0.05) is 43.2 Å². The second-order valence-corrected chi connectivity index (χ2v) is 7.19. The van der Waals surface area contributed by atoms with Crippen molar-refractivity contribution in [3.8, 4) is 0 Å². The molecule has 0 aromatic heterocycles. The molecule has 8 heteroatoms. The molecular weight excluding hydrogens is 387 g/mol. The van der Waals surface area contributed by atoms with Gasteiger partial charge in [0.05, 0.1) is 10.0 Å². The molecular formula is C19H20Cl2N4O2. The maximum atomic E-state index is 12.1. The number of likely N-dealkylation sites (N-methyl/N-ethyl adjacent to an activating group) is 1. The van der Waals surface area contributed by atoms with Crippen LogP contribution in [-0.2, 0) is 9.59 Å². The van der Waals surface area contributed by atoms with Crippen LogP contribution in [-0.4, -0.2) is 49.9 Å². The van der Waals surface area contributed by atoms with Gasteiger partial charge < -0.3 is 20.4 Å². The van der Waals surface area contributed by atoms with E-state index in [2.05, 4.69) is 27.5 Å². The summed E-state index contributed by atoms with van der Waals surface area (Å²) < 4.78 is 0. The summed E-state index contributed by atoms with van der Waals surface area (Å²) in [6, 6.07) is 12.1. The molecule has 3 rings (SSSR count). The summed E-state index contributed by atoms with van der Waals surface area (Å²) in [6.45, 7) is 3.98. The number of hydrogen-bond acceptors (Lipinski definition) is 4. The number of benzene rings is 2. The second-order valence-electron chi connectivity index (χ2n) is 6.37. The van der Waals surface area contributed by atoms with Crippen LogP contribution >= 0.6 is 23.2 Å². The molecule has 0 saturated carbocycles. The Morgan fingerprint density at radius 1 is 0.815 bits per heavy atom. The molecule has 0 spiro atoms. The van der Waals surface area contributed by atoms with Crippen LogP contribution in [0.1, 0.15) is 0 Å². The number of piperazine rings is 1. The van der Waals surface area contributed by atoms with E-state index in [1.807, 2.05) is 12.1 Å². The minimum Gasteiger partial charge on any atom is -0.369 e. The third-order valence-electron chi connectivity index (χ3n) is 4.38. The van der Waals surface area contributed by atoms with Gasteiger partial charge in [-0.15, -0.1) is 0 Å². The quantitative estimate of drug-likeness (QED) is 0.767. The van der Waals surface area contributed by atoms with Crippen molar-refractivity contribution in [2.75, 3.05) is 48.8 Å². The van der Waals surface area contributed by atoms with Crippen molar-refractivity contribution in [3.05, 3.63) is 52.5 Å². The minimum absolute atomic E-state index is 0.300. The fourth-order valence-corrected chi connectivity index (χ4v) is 3.07. The van der Waals surface area contributed by atoms with Crippen LogP contribution in [0.2, 0.25) is 10.0 Å². The van der Waals surface area contributed by atoms with Gasteiger partial charge in [-0.3, -0.25) is 9.59 Å². The summed E-state index contributed by atoms with van der Waals surface area (Å²) in [7, 11) is 2.11. The molecule has 2 amide bonds. The van der Waals surface area contributed by atoms with Crippen LogP contribution in [0.5, 0.6) is 0 Å². The second kappa shape index (κ2) is 8.61. The van der Waals surface area contributed by atoms with Gasteiger partial charge in [0.2, 0.25) is 0 Å². The topological polar surface area (TPSA) is 64.7 Å². The smallest absolute Gasteiger partial charge is 0.314 e. The number of halogens is 2. The molecule has 0 atom stereocenters. The number of rotatable bonds is 3. The van der Waals surface area contributed by atoms with E-state index in [4.69, 9.17) is 23.2 Å². The number of hydrogen-bond donors (Lipinski definition) is 2. The highest BCUT2D eigenvalue weighted by molar-refractivity contribution is 6.44. The molecule has 0 radical (unpaired) electrons. The molecule has 0 bridgehead atoms. The van der Waals surface area contributed by atoms with Gasteiger partial charge in [-0.1, -0.05) is 23.2 Å². The van der Waals surface area contributed by atoms with Gasteiger partial charge in [0.15, 0.2) is 0 Å². The monoisotopic (exact) mass is 406 g/mol. The highest BCUT2D eigenvalue weighted by Gasteiger charge is 2.16. The first-order valence-electron chi connectivity index (χ1n) is 8.53. The molecule has 1 aliphatic rings. The molecule has 0 unspecified atom stereocenters. The van der Waals surface area contributed by atoms with Crippen LogP contribution in [0.25, 0.3) is 0 Å². The SMILES string of the molecule is CN1CCN(c2ccc(NC(=O)C(=O)Nc3ccc(Cl)c(Cl)c3)cc2)CC1. The summed E-state index contributed by atoms with van der Waals surface area (Å²) in [5.41, 5.74) is 2.05. The maximum Gasteiger partial charge on any atom is 0.314 e. The van der Waals surface area contributed by atoms with E-state index in [1.54, 1.807) is 24.3 Å². The third-order valence-corrected chi connectivity index (χ3v) is 5.12. The highest BCUT2D eigenvalue weighted by atomic mass is 35.5. The predicted octanol–water partition coefficient (Wildman–Crippen LogP) is 3.32. The van der Waals surface area contributed by atoms with Gasteiger partial charge in [-0.25, -0.2) is 0 Å². The normalized spacial score (nSPS) is 14.7. The van der Waals surface area contributed by atoms with Gasteiger partial charge in [0.1, 0.15) is 0 Å². The summed E-state index contributed by atoms with van der Waals surface area (Å²) in [4.78, 5) is 28.7. The fourth-order valence-electron chi connectivity index (χ4n) is 2.77. The third kappa shape index (κ3) is 5.13. The molecule has 2 aromatic rings. The largest absolute Gasteiger partial charge is 0.369 e. The van der Waals surface area contributed by atoms with E-state index < -0.39 is 11.8 Å². The Hall–Kier alpha value is -2.28. The zero-order valence-electron chi connectivity index (χ0n) is 14.8. The molecule has 1 heterocycles. The predicted molar refractivity (Wildman–Crippen MR) is 110 cm³/mol. The zero-order valence-corrected chi connectivity index (χ0v) is 16.3. The Labute approximate surface area is 168 Å². The maximum absolute atomic E-state index is 12.1. The van der Waals surface area contributed by atoms with E-state index in [1.165, 1.54) is 6.07 Å². The van der Waals surface area contributed by atoms with Gasteiger partial charge in [0.25, 0.3) is 0 Å². The Morgan fingerprint density at radius 3 is 1.96 bits per heavy atom. The molecule has 6 nitrogen and oxygen atoms in total. The van der Waals surface area contributed by atoms with E-state index in [-0.39, 0.29) is 0 Å². The van der Waals surface area contributed by atoms with Crippen molar-refractivity contribution in [2.24, 2.45) is 0 Å². The summed E-state index contributed by atoms with van der Waals surface area (Å²) >= 11 is 11.7. The number of nitrogens with zero attached hydrogens (tertiary/aromatic N) is 2. The molecule has 1 saturated heterocycles. The van der Waals surface area contributed by atoms with Gasteiger partial charge in [-0.05, 0) is 49.5 Å². The van der Waals surface area contributed by atoms with Gasteiger partial charge >= 0.3 is 11.8 Å². The lowest BCUT2D eigenvalue weighted by molar-refractivity contribution is -0.132. The first-order chi connectivity index (χ1) is 12.9. The molecule has 2 aromatic carbocycles. The zero-order chi connectivity index (χ0) is 19.4. The first-order valence-corrected chi connectivity index (χ1v) is 9.29. The average Bonchev–Trinajstić information content (AvgIpc) is 2.66. The van der Waals surface area contributed by atoms with Crippen LogP contribution < -0.4 is 15.5 Å². The number of carbonyl (C=O) groups excluding carboxylic acids is 2. The Bertz CT molecular complexity index is 834. The van der Waals surface area contributed by atoms with E-state index in [9.17, 15) is 9.59 Å². The number of anilines is 3. The molecule has 0 aliphatic carbocycles. The van der Waals surface area contributed by atoms with Crippen LogP contribution in [0.4, 0.5) is 17.1 Å². The molecule has 1 fully saturated rings. The van der Waals surface area contributed by atoms with E-state index in [0.717, 1.165) is 31.9 Å². The fraction of sp³-hybridized carbons (Fsp3) is 0.263. The number of amides is 2. The van der Waals surface area contributed by atoms with Crippen LogP contribution in [0, 0.1) is 0 Å². The van der Waals surface area contributed by atoms with Crippen molar-refractivity contribution in [1.29, 1.82) is 0 Å². The van der Waals surface area contributed by atoms with Crippen LogP contribution in [0.3, 0.4) is 0 Å². The van der Waals surface area contributed by atoms with Crippen molar-refractivity contribution < 1.29 is 9.59 Å². The van der Waals surface area contributed by atoms with Gasteiger partial charge in [-0.2, -0.15) is 0 Å². The highest BCUT2D eigenvalue weighted by Crippen LogP contribution is 2.25. The standard InChI is InChI=1S/C19H20Cl2N4O2/c1-24-8-10-25(11-9-24)15-5-2-13(3-6-15)22-18(26)19(27)23-14-4-7-16(20)17(21)12-14/h2-7,12H,8-11H2,1H3,(H,22,26)(H,23,27). The van der Waals surface area contributed by atoms with E-state index >= 15 is 0 Å². The van der Waals surface area contributed by atoms with Crippen molar-refractivity contribution in [2.45, 2.75) is 0 Å². The molecule has 142 valence electrons. The first kappa shape index (κ1) is 19.5. The number of nitrogens with one attached hydrogen (secondary N) is 2. The van der Waals surface area contributed by atoms with Crippen molar-refractivity contribution >= 4 is 52.1 Å². The van der Waals surface area contributed by atoms with E-state index in [0.29, 0.717) is 21.4 Å². The molecule has 27 heavy (non-hydrogen) atoms. The Balaban J connectivity index is 1.56. The minimum atomic E-state index is -0.781. The average molecular weight is 407 g/mol. The lowest BCUT2D eigenvalue weighted by Crippen LogP contribution is -2.44. The molecule has 1 aliphatic heterocycles. The summed E-state index contributed by atoms with van der Waals surface area (Å²) in [5.74, 6) is -1.54. The Kier molecular flexibility index (Phi) is 6.21.